The molecule has 0 N–H and O–H groups in total. The van der Waals surface area contributed by atoms with Crippen molar-refractivity contribution in [2.24, 2.45) is 0 Å². The summed E-state index contributed by atoms with van der Waals surface area (Å²) in [6.45, 7) is 2.44. The molecular formula is C16H16F12O2. The monoisotopic (exact) mass is 468 g/mol. The number of hydrogen-bond acceptors (Lipinski definition) is 2. The average Bonchev–Trinajstić information content (AvgIpc) is 2.58. The van der Waals surface area contributed by atoms with Crippen molar-refractivity contribution in [1.29, 1.82) is 0 Å². The Morgan fingerprint density at radius 2 is 1.27 bits per heavy atom. The lowest BCUT2D eigenvalue weighted by atomic mass is 9.80. The first-order chi connectivity index (χ1) is 13.2. The van der Waals surface area contributed by atoms with Gasteiger partial charge in [-0.2, -0.15) is 52.7 Å². The molecule has 0 aromatic rings. The van der Waals surface area contributed by atoms with Gasteiger partial charge in [0.1, 0.15) is 11.2 Å². The maximum atomic E-state index is 13.8. The van der Waals surface area contributed by atoms with Crippen molar-refractivity contribution in [1.82, 2.24) is 0 Å². The van der Waals surface area contributed by atoms with E-state index in [0.717, 1.165) is 0 Å². The molecule has 0 saturated heterocycles. The fourth-order valence-electron chi connectivity index (χ4n) is 2.92. The van der Waals surface area contributed by atoms with E-state index in [1.165, 1.54) is 0 Å². The van der Waals surface area contributed by atoms with Crippen molar-refractivity contribution in [3.63, 3.8) is 0 Å². The minimum atomic E-state index is -7.08. The summed E-state index contributed by atoms with van der Waals surface area (Å²) >= 11 is 0. The highest BCUT2D eigenvalue weighted by molar-refractivity contribution is 5.89. The second-order valence-electron chi connectivity index (χ2n) is 6.96. The number of alkyl halides is 12. The van der Waals surface area contributed by atoms with E-state index >= 15 is 0 Å². The highest BCUT2D eigenvalue weighted by atomic mass is 19.4. The van der Waals surface area contributed by atoms with Crippen LogP contribution in [0.3, 0.4) is 0 Å². The standard InChI is InChI=1S/C16H16F12O2/c1-9(13(19,20)21)10(29)30-11(5-3-2-4-6-11)7-8-12(17,18)14(22,23)15(24,25)16(26,27)28/h1-8H2. The number of hydrogen-bond donors (Lipinski definition) is 0. The van der Waals surface area contributed by atoms with E-state index < -0.39 is 60.1 Å². The molecule has 0 aliphatic heterocycles. The van der Waals surface area contributed by atoms with Gasteiger partial charge in [-0.15, -0.1) is 0 Å². The molecule has 0 amide bonds. The number of esters is 1. The fourth-order valence-corrected chi connectivity index (χ4v) is 2.92. The Labute approximate surface area is 162 Å². The summed E-state index contributed by atoms with van der Waals surface area (Å²) in [6.07, 6.45) is -16.0. The van der Waals surface area contributed by atoms with E-state index in [-0.39, 0.29) is 25.7 Å². The Balaban J connectivity index is 3.09. The summed E-state index contributed by atoms with van der Waals surface area (Å²) in [4.78, 5) is 11.6. The third-order valence-electron chi connectivity index (χ3n) is 4.77. The van der Waals surface area contributed by atoms with Crippen LogP contribution in [0, 0.1) is 0 Å². The predicted octanol–water partition coefficient (Wildman–Crippen LogP) is 6.60. The zero-order chi connectivity index (χ0) is 23.8. The molecule has 0 radical (unpaired) electrons. The highest BCUT2D eigenvalue weighted by Crippen LogP contribution is 2.55. The molecule has 0 spiro atoms. The lowest BCUT2D eigenvalue weighted by Crippen LogP contribution is -2.61. The Kier molecular flexibility index (Phi) is 7.16. The molecule has 176 valence electrons. The molecule has 14 heteroatoms. The molecule has 0 unspecified atom stereocenters. The van der Waals surface area contributed by atoms with Gasteiger partial charge in [0.05, 0.1) is 0 Å². The highest BCUT2D eigenvalue weighted by Gasteiger charge is 2.81. The van der Waals surface area contributed by atoms with E-state index in [4.69, 9.17) is 0 Å². The van der Waals surface area contributed by atoms with E-state index in [2.05, 4.69) is 11.3 Å². The van der Waals surface area contributed by atoms with Gasteiger partial charge in [0, 0.05) is 6.42 Å². The molecule has 0 atom stereocenters. The Morgan fingerprint density at radius 1 is 0.800 bits per heavy atom. The summed E-state index contributed by atoms with van der Waals surface area (Å²) in [5.74, 6) is -21.9. The summed E-state index contributed by atoms with van der Waals surface area (Å²) < 4.78 is 159. The zero-order valence-electron chi connectivity index (χ0n) is 15.0. The quantitative estimate of drug-likeness (QED) is 0.239. The molecule has 1 aliphatic rings. The number of carbonyl (C=O) groups is 1. The van der Waals surface area contributed by atoms with Crippen LogP contribution in [0.15, 0.2) is 12.2 Å². The maximum Gasteiger partial charge on any atom is 0.460 e. The van der Waals surface area contributed by atoms with Gasteiger partial charge < -0.3 is 4.74 Å². The maximum absolute atomic E-state index is 13.8. The predicted molar refractivity (Wildman–Crippen MR) is 77.2 cm³/mol. The zero-order valence-corrected chi connectivity index (χ0v) is 15.0. The number of rotatable bonds is 7. The summed E-state index contributed by atoms with van der Waals surface area (Å²) in [5.41, 5.74) is -4.19. The van der Waals surface area contributed by atoms with Crippen molar-refractivity contribution in [2.75, 3.05) is 0 Å². The SMILES string of the molecule is C=C(C(=O)OC1(CCC(F)(F)C(F)(F)C(F)(F)C(F)(F)F)CCCCC1)C(F)(F)F. The summed E-state index contributed by atoms with van der Waals surface area (Å²) in [7, 11) is 0. The van der Waals surface area contributed by atoms with Gasteiger partial charge >= 0.3 is 36.1 Å². The molecule has 0 aromatic carbocycles. The fraction of sp³-hybridized carbons (Fsp3) is 0.812. The van der Waals surface area contributed by atoms with Gasteiger partial charge in [-0.25, -0.2) is 4.79 Å². The lowest BCUT2D eigenvalue weighted by Gasteiger charge is -2.39. The molecule has 0 heterocycles. The van der Waals surface area contributed by atoms with E-state index in [1.54, 1.807) is 0 Å². The molecular weight excluding hydrogens is 452 g/mol. The second-order valence-corrected chi connectivity index (χ2v) is 6.96. The van der Waals surface area contributed by atoms with Crippen LogP contribution in [0.4, 0.5) is 52.7 Å². The van der Waals surface area contributed by atoms with E-state index in [1.807, 2.05) is 0 Å². The van der Waals surface area contributed by atoms with Crippen LogP contribution in [0.1, 0.15) is 44.9 Å². The summed E-state index contributed by atoms with van der Waals surface area (Å²) in [6, 6.07) is 0. The minimum Gasteiger partial charge on any atom is -0.455 e. The van der Waals surface area contributed by atoms with E-state index in [9.17, 15) is 57.5 Å². The minimum absolute atomic E-state index is 0.104. The van der Waals surface area contributed by atoms with Crippen LogP contribution >= 0.6 is 0 Å². The molecule has 0 aromatic heterocycles. The Bertz CT molecular complexity index is 642. The number of carbonyl (C=O) groups excluding carboxylic acids is 1. The van der Waals surface area contributed by atoms with Gasteiger partial charge in [-0.05, 0) is 32.1 Å². The van der Waals surface area contributed by atoms with Crippen molar-refractivity contribution in [3.8, 4) is 0 Å². The van der Waals surface area contributed by atoms with Crippen LogP contribution < -0.4 is 0 Å². The summed E-state index contributed by atoms with van der Waals surface area (Å²) in [5, 5.41) is 0. The Hall–Kier alpha value is -1.63. The van der Waals surface area contributed by atoms with Gasteiger partial charge in [0.15, 0.2) is 0 Å². The molecule has 0 bridgehead atoms. The van der Waals surface area contributed by atoms with Crippen LogP contribution in [-0.2, 0) is 9.53 Å². The third kappa shape index (κ3) is 5.16. The van der Waals surface area contributed by atoms with Crippen LogP contribution in [0.25, 0.3) is 0 Å². The largest absolute Gasteiger partial charge is 0.460 e. The molecule has 2 nitrogen and oxygen atoms in total. The van der Waals surface area contributed by atoms with Gasteiger partial charge in [-0.1, -0.05) is 13.0 Å². The van der Waals surface area contributed by atoms with Crippen molar-refractivity contribution >= 4 is 5.97 Å². The Morgan fingerprint density at radius 3 is 1.67 bits per heavy atom. The number of ether oxygens (including phenoxy) is 1. The molecule has 1 fully saturated rings. The first kappa shape index (κ1) is 26.4. The lowest BCUT2D eigenvalue weighted by molar-refractivity contribution is -0.397. The molecule has 1 aliphatic carbocycles. The van der Waals surface area contributed by atoms with Gasteiger partial charge in [-0.3, -0.25) is 0 Å². The first-order valence-corrected chi connectivity index (χ1v) is 8.40. The molecule has 30 heavy (non-hydrogen) atoms. The average molecular weight is 468 g/mol. The van der Waals surface area contributed by atoms with Gasteiger partial charge in [0.2, 0.25) is 0 Å². The van der Waals surface area contributed by atoms with E-state index in [0.29, 0.717) is 6.42 Å². The van der Waals surface area contributed by atoms with Gasteiger partial charge in [0.25, 0.3) is 0 Å². The normalized spacial score (nSPS) is 18.8. The topological polar surface area (TPSA) is 26.3 Å². The first-order valence-electron chi connectivity index (χ1n) is 8.40. The smallest absolute Gasteiger partial charge is 0.455 e. The second kappa shape index (κ2) is 8.13. The van der Waals surface area contributed by atoms with Crippen molar-refractivity contribution in [2.45, 2.75) is 80.7 Å². The van der Waals surface area contributed by atoms with Crippen LogP contribution in [-0.4, -0.2) is 41.7 Å². The molecule has 1 saturated carbocycles. The van der Waals surface area contributed by atoms with Crippen molar-refractivity contribution in [3.05, 3.63) is 12.2 Å². The van der Waals surface area contributed by atoms with Crippen molar-refractivity contribution < 1.29 is 62.2 Å². The molecule has 1 rings (SSSR count). The van der Waals surface area contributed by atoms with Crippen LogP contribution in [0.2, 0.25) is 0 Å². The number of halogens is 12. The van der Waals surface area contributed by atoms with Crippen LogP contribution in [0.5, 0.6) is 0 Å². The third-order valence-corrected chi connectivity index (χ3v) is 4.77.